The molecule has 7 heteroatoms. The summed E-state index contributed by atoms with van der Waals surface area (Å²) >= 11 is 0. The number of carbonyl (C=O) groups is 2. The normalized spacial score (nSPS) is 14.7. The van der Waals surface area contributed by atoms with Crippen LogP contribution in [0.2, 0.25) is 0 Å². The molecule has 2 aromatic rings. The number of carbonyl (C=O) groups excluding carboxylic acids is 2. The van der Waals surface area contributed by atoms with Gasteiger partial charge in [0, 0.05) is 37.9 Å². The smallest absolute Gasteiger partial charge is 0.331 e. The van der Waals surface area contributed by atoms with E-state index in [0.29, 0.717) is 31.9 Å². The van der Waals surface area contributed by atoms with Crippen molar-refractivity contribution in [2.75, 3.05) is 37.7 Å². The van der Waals surface area contributed by atoms with E-state index in [2.05, 4.69) is 4.90 Å². The minimum atomic E-state index is -0.598. The first-order valence-corrected chi connectivity index (χ1v) is 8.28. The Bertz CT molecular complexity index is 763. The number of amides is 1. The molecular weight excluding hydrogens is 339 g/mol. The number of rotatable bonds is 5. The SMILES string of the molecule is O=C(/C=C/c1ccco1)OCC(=O)N1CCN(c2ccc(F)cc2)CC1. The molecule has 3 rings (SSSR count). The van der Waals surface area contributed by atoms with Gasteiger partial charge in [-0.2, -0.15) is 0 Å². The molecule has 1 amide bonds. The molecule has 0 spiro atoms. The maximum atomic E-state index is 13.0. The molecule has 0 atom stereocenters. The first-order chi connectivity index (χ1) is 12.6. The molecule has 2 heterocycles. The first-order valence-electron chi connectivity index (χ1n) is 8.28. The molecule has 6 nitrogen and oxygen atoms in total. The van der Waals surface area contributed by atoms with Crippen molar-refractivity contribution in [1.29, 1.82) is 0 Å². The quantitative estimate of drug-likeness (QED) is 0.606. The van der Waals surface area contributed by atoms with Crippen LogP contribution in [0.15, 0.2) is 53.2 Å². The molecule has 26 heavy (non-hydrogen) atoms. The lowest BCUT2D eigenvalue weighted by atomic mass is 10.2. The number of ether oxygens (including phenoxy) is 1. The van der Waals surface area contributed by atoms with Crippen LogP contribution in [-0.4, -0.2) is 49.6 Å². The van der Waals surface area contributed by atoms with Gasteiger partial charge in [0.1, 0.15) is 11.6 Å². The number of nitrogens with zero attached hydrogens (tertiary/aromatic N) is 2. The first kappa shape index (κ1) is 17.7. The molecule has 1 fully saturated rings. The Balaban J connectivity index is 1.42. The summed E-state index contributed by atoms with van der Waals surface area (Å²) in [7, 11) is 0. The molecule has 136 valence electrons. The van der Waals surface area contributed by atoms with Gasteiger partial charge >= 0.3 is 5.97 Å². The summed E-state index contributed by atoms with van der Waals surface area (Å²) in [6.45, 7) is 2.04. The Morgan fingerprint density at radius 1 is 1.12 bits per heavy atom. The predicted molar refractivity (Wildman–Crippen MR) is 93.9 cm³/mol. The van der Waals surface area contributed by atoms with Gasteiger partial charge in [0.15, 0.2) is 6.61 Å². The van der Waals surface area contributed by atoms with Crippen molar-refractivity contribution < 1.29 is 23.1 Å². The number of furan rings is 1. The predicted octanol–water partition coefficient (Wildman–Crippen LogP) is 2.32. The van der Waals surface area contributed by atoms with Gasteiger partial charge in [-0.15, -0.1) is 0 Å². The zero-order valence-electron chi connectivity index (χ0n) is 14.1. The number of hydrogen-bond acceptors (Lipinski definition) is 5. The summed E-state index contributed by atoms with van der Waals surface area (Å²) < 4.78 is 23.0. The largest absolute Gasteiger partial charge is 0.465 e. The maximum absolute atomic E-state index is 13.0. The molecule has 1 saturated heterocycles. The Morgan fingerprint density at radius 3 is 2.50 bits per heavy atom. The van der Waals surface area contributed by atoms with E-state index in [1.54, 1.807) is 29.2 Å². The van der Waals surface area contributed by atoms with Gasteiger partial charge in [0.05, 0.1) is 6.26 Å². The number of esters is 1. The second-order valence-electron chi connectivity index (χ2n) is 5.80. The maximum Gasteiger partial charge on any atom is 0.331 e. The van der Waals surface area contributed by atoms with Crippen LogP contribution >= 0.6 is 0 Å². The number of halogens is 1. The van der Waals surface area contributed by atoms with Crippen LogP contribution in [0, 0.1) is 5.82 Å². The molecule has 0 N–H and O–H groups in total. The molecule has 1 aromatic carbocycles. The Morgan fingerprint density at radius 2 is 1.85 bits per heavy atom. The Kier molecular flexibility index (Phi) is 5.68. The summed E-state index contributed by atoms with van der Waals surface area (Å²) in [4.78, 5) is 27.5. The van der Waals surface area contributed by atoms with Crippen molar-refractivity contribution in [1.82, 2.24) is 4.90 Å². The van der Waals surface area contributed by atoms with Crippen LogP contribution < -0.4 is 4.90 Å². The summed E-state index contributed by atoms with van der Waals surface area (Å²) in [5.74, 6) is -0.570. The molecule has 0 bridgehead atoms. The van der Waals surface area contributed by atoms with E-state index in [-0.39, 0.29) is 18.3 Å². The fourth-order valence-corrected chi connectivity index (χ4v) is 2.67. The fourth-order valence-electron chi connectivity index (χ4n) is 2.67. The van der Waals surface area contributed by atoms with Gasteiger partial charge in [0.2, 0.25) is 0 Å². The average molecular weight is 358 g/mol. The molecule has 0 unspecified atom stereocenters. The molecular formula is C19H19FN2O4. The van der Waals surface area contributed by atoms with Crippen molar-refractivity contribution in [3.05, 3.63) is 60.3 Å². The third kappa shape index (κ3) is 4.72. The lowest BCUT2D eigenvalue weighted by Crippen LogP contribution is -2.49. The standard InChI is InChI=1S/C19H19FN2O4/c20-15-3-5-16(6-4-15)21-9-11-22(12-10-21)18(23)14-26-19(24)8-7-17-2-1-13-25-17/h1-8,13H,9-12,14H2/b8-7+. The lowest BCUT2D eigenvalue weighted by Gasteiger charge is -2.36. The highest BCUT2D eigenvalue weighted by Crippen LogP contribution is 2.17. The average Bonchev–Trinajstić information content (AvgIpc) is 3.19. The summed E-state index contributed by atoms with van der Waals surface area (Å²) in [5, 5.41) is 0. The second kappa shape index (κ2) is 8.33. The van der Waals surface area contributed by atoms with E-state index in [1.165, 1.54) is 30.5 Å². The molecule has 0 aliphatic carbocycles. The van der Waals surface area contributed by atoms with Crippen molar-refractivity contribution in [2.24, 2.45) is 0 Å². The molecule has 0 radical (unpaired) electrons. The Hall–Kier alpha value is -3.09. The minimum Gasteiger partial charge on any atom is -0.465 e. The van der Waals surface area contributed by atoms with Crippen LogP contribution in [0.25, 0.3) is 6.08 Å². The van der Waals surface area contributed by atoms with Gasteiger partial charge in [-0.25, -0.2) is 9.18 Å². The molecule has 1 aliphatic rings. The minimum absolute atomic E-state index is 0.233. The number of anilines is 1. The van der Waals surface area contributed by atoms with Gasteiger partial charge in [0.25, 0.3) is 5.91 Å². The topological polar surface area (TPSA) is 63.0 Å². The zero-order chi connectivity index (χ0) is 18.4. The van der Waals surface area contributed by atoms with E-state index < -0.39 is 5.97 Å². The summed E-state index contributed by atoms with van der Waals surface area (Å²) in [6.07, 6.45) is 4.20. The van der Waals surface area contributed by atoms with E-state index in [0.717, 1.165) is 5.69 Å². The lowest BCUT2D eigenvalue weighted by molar-refractivity contribution is -0.148. The van der Waals surface area contributed by atoms with Crippen molar-refractivity contribution >= 4 is 23.6 Å². The van der Waals surface area contributed by atoms with E-state index in [9.17, 15) is 14.0 Å². The second-order valence-corrected chi connectivity index (χ2v) is 5.80. The Labute approximate surface area is 150 Å². The highest BCUT2D eigenvalue weighted by atomic mass is 19.1. The van der Waals surface area contributed by atoms with Crippen molar-refractivity contribution in [3.63, 3.8) is 0 Å². The number of hydrogen-bond donors (Lipinski definition) is 0. The van der Waals surface area contributed by atoms with Gasteiger partial charge in [-0.05, 0) is 42.5 Å². The van der Waals surface area contributed by atoms with Crippen LogP contribution in [0.5, 0.6) is 0 Å². The summed E-state index contributed by atoms with van der Waals surface area (Å²) in [5.41, 5.74) is 0.924. The third-order valence-electron chi connectivity index (χ3n) is 4.09. The molecule has 1 aliphatic heterocycles. The van der Waals surface area contributed by atoms with Crippen molar-refractivity contribution in [2.45, 2.75) is 0 Å². The zero-order valence-corrected chi connectivity index (χ0v) is 14.1. The summed E-state index contributed by atoms with van der Waals surface area (Å²) in [6, 6.07) is 9.70. The van der Waals surface area contributed by atoms with Crippen LogP contribution in [0.4, 0.5) is 10.1 Å². The van der Waals surface area contributed by atoms with E-state index in [1.807, 2.05) is 0 Å². The van der Waals surface area contributed by atoms with E-state index in [4.69, 9.17) is 9.15 Å². The molecule has 0 saturated carbocycles. The molecule has 1 aromatic heterocycles. The van der Waals surface area contributed by atoms with Crippen molar-refractivity contribution in [3.8, 4) is 0 Å². The third-order valence-corrected chi connectivity index (χ3v) is 4.09. The van der Waals surface area contributed by atoms with Crippen LogP contribution in [-0.2, 0) is 14.3 Å². The van der Waals surface area contributed by atoms with E-state index >= 15 is 0 Å². The fraction of sp³-hybridized carbons (Fsp3) is 0.263. The monoisotopic (exact) mass is 358 g/mol. The number of piperazine rings is 1. The highest BCUT2D eigenvalue weighted by molar-refractivity contribution is 5.89. The number of benzene rings is 1. The van der Waals surface area contributed by atoms with Crippen LogP contribution in [0.3, 0.4) is 0 Å². The highest BCUT2D eigenvalue weighted by Gasteiger charge is 2.22. The van der Waals surface area contributed by atoms with Gasteiger partial charge in [-0.1, -0.05) is 0 Å². The van der Waals surface area contributed by atoms with Gasteiger partial charge in [-0.3, -0.25) is 4.79 Å². The van der Waals surface area contributed by atoms with Crippen LogP contribution in [0.1, 0.15) is 5.76 Å². The van der Waals surface area contributed by atoms with Gasteiger partial charge < -0.3 is 19.0 Å².